The third-order valence-electron chi connectivity index (χ3n) is 5.90. The fourth-order valence-electron chi connectivity index (χ4n) is 4.00. The van der Waals surface area contributed by atoms with Crippen molar-refractivity contribution in [2.45, 2.75) is 167 Å². The molecule has 0 radical (unpaired) electrons. The van der Waals surface area contributed by atoms with Crippen LogP contribution in [-0.2, 0) is 0 Å². The third kappa shape index (κ3) is 19.4. The summed E-state index contributed by atoms with van der Waals surface area (Å²) in [5.41, 5.74) is 0. The Morgan fingerprint density at radius 2 is 0.667 bits per heavy atom. The molecular formula is C26H54S. The summed E-state index contributed by atoms with van der Waals surface area (Å²) in [6.45, 7) is 9.35. The first-order valence-electron chi connectivity index (χ1n) is 12.9. The van der Waals surface area contributed by atoms with Crippen molar-refractivity contribution < 1.29 is 0 Å². The highest BCUT2D eigenvalue weighted by atomic mass is 32.2. The van der Waals surface area contributed by atoms with Crippen molar-refractivity contribution in [3.63, 3.8) is 0 Å². The van der Waals surface area contributed by atoms with E-state index in [2.05, 4.69) is 39.5 Å². The second-order valence-corrected chi connectivity index (χ2v) is 10.4. The van der Waals surface area contributed by atoms with Gasteiger partial charge in [0.15, 0.2) is 0 Å². The topological polar surface area (TPSA) is 0 Å². The van der Waals surface area contributed by atoms with Crippen LogP contribution in [-0.4, -0.2) is 10.5 Å². The molecule has 0 amide bonds. The molecule has 0 aromatic rings. The Morgan fingerprint density at radius 3 is 1.04 bits per heavy atom. The van der Waals surface area contributed by atoms with E-state index in [1.54, 1.807) is 0 Å². The summed E-state index contributed by atoms with van der Waals surface area (Å²) in [5.74, 6) is 0. The van der Waals surface area contributed by atoms with Gasteiger partial charge in [0.25, 0.3) is 0 Å². The van der Waals surface area contributed by atoms with Crippen LogP contribution < -0.4 is 0 Å². The third-order valence-corrected chi connectivity index (χ3v) is 7.62. The number of hydrogen-bond acceptors (Lipinski definition) is 1. The lowest BCUT2D eigenvalue weighted by Crippen LogP contribution is -2.12. The van der Waals surface area contributed by atoms with E-state index in [1.807, 2.05) is 0 Å². The molecular weight excluding hydrogens is 344 g/mol. The summed E-state index contributed by atoms with van der Waals surface area (Å²) in [5, 5.41) is 1.89. The Kier molecular flexibility index (Phi) is 22.9. The van der Waals surface area contributed by atoms with Gasteiger partial charge in [-0.15, -0.1) is 0 Å². The van der Waals surface area contributed by atoms with Gasteiger partial charge < -0.3 is 0 Å². The molecule has 0 saturated heterocycles. The van der Waals surface area contributed by atoms with Gasteiger partial charge >= 0.3 is 0 Å². The maximum atomic E-state index is 2.41. The summed E-state index contributed by atoms with van der Waals surface area (Å²) < 4.78 is 0. The van der Waals surface area contributed by atoms with Gasteiger partial charge in [-0.2, -0.15) is 11.8 Å². The highest BCUT2D eigenvalue weighted by Crippen LogP contribution is 2.32. The molecule has 0 aromatic heterocycles. The van der Waals surface area contributed by atoms with Crippen LogP contribution in [0.1, 0.15) is 156 Å². The molecule has 0 bridgehead atoms. The number of thioether (sulfide) groups is 1. The van der Waals surface area contributed by atoms with Crippen LogP contribution in [0.15, 0.2) is 0 Å². The van der Waals surface area contributed by atoms with Crippen molar-refractivity contribution in [3.05, 3.63) is 0 Å². The Morgan fingerprint density at radius 1 is 0.370 bits per heavy atom. The van der Waals surface area contributed by atoms with Gasteiger partial charge in [-0.05, 0) is 25.7 Å². The molecule has 2 unspecified atom stereocenters. The Bertz CT molecular complexity index is 237. The molecule has 1 heteroatoms. The van der Waals surface area contributed by atoms with Crippen LogP contribution in [0.2, 0.25) is 0 Å². The quantitative estimate of drug-likeness (QED) is 0.163. The molecule has 0 spiro atoms. The first-order valence-corrected chi connectivity index (χ1v) is 13.9. The molecule has 0 fully saturated rings. The van der Waals surface area contributed by atoms with Crippen LogP contribution in [0.4, 0.5) is 0 Å². The van der Waals surface area contributed by atoms with Crippen molar-refractivity contribution in [3.8, 4) is 0 Å². The van der Waals surface area contributed by atoms with E-state index in [9.17, 15) is 0 Å². The predicted octanol–water partition coefficient (Wildman–Crippen LogP) is 10.3. The summed E-state index contributed by atoms with van der Waals surface area (Å²) in [6.07, 6.45) is 28.9. The van der Waals surface area contributed by atoms with Crippen molar-refractivity contribution >= 4 is 11.8 Å². The normalized spacial score (nSPS) is 13.8. The zero-order chi connectivity index (χ0) is 20.0. The van der Waals surface area contributed by atoms with Crippen molar-refractivity contribution in [1.82, 2.24) is 0 Å². The Balaban J connectivity index is 4.20. The standard InChI is InChI=1S/C26H54S/c1-5-9-13-15-17-19-23-25(21-11-7-3)27-26(22-12-8-4)24-20-18-16-14-10-6-2/h25-26H,5-24H2,1-4H3. The molecule has 164 valence electrons. The van der Waals surface area contributed by atoms with Crippen LogP contribution in [0.3, 0.4) is 0 Å². The first kappa shape index (κ1) is 27.4. The molecule has 27 heavy (non-hydrogen) atoms. The molecule has 0 aliphatic heterocycles. The molecule has 0 saturated carbocycles. The van der Waals surface area contributed by atoms with E-state index >= 15 is 0 Å². The summed E-state index contributed by atoms with van der Waals surface area (Å²) in [6, 6.07) is 0. The zero-order valence-electron chi connectivity index (χ0n) is 19.7. The second kappa shape index (κ2) is 22.6. The predicted molar refractivity (Wildman–Crippen MR) is 130 cm³/mol. The van der Waals surface area contributed by atoms with Gasteiger partial charge in [0.2, 0.25) is 0 Å². The Hall–Kier alpha value is 0.350. The first-order chi connectivity index (χ1) is 13.3. The van der Waals surface area contributed by atoms with Crippen LogP contribution >= 0.6 is 11.8 Å². The van der Waals surface area contributed by atoms with E-state index in [1.165, 1.54) is 128 Å². The van der Waals surface area contributed by atoms with Crippen LogP contribution in [0.25, 0.3) is 0 Å². The average molecular weight is 399 g/mol. The minimum atomic E-state index is 0.943. The van der Waals surface area contributed by atoms with Crippen molar-refractivity contribution in [2.75, 3.05) is 0 Å². The monoisotopic (exact) mass is 398 g/mol. The minimum Gasteiger partial charge on any atom is -0.155 e. The van der Waals surface area contributed by atoms with Gasteiger partial charge in [0, 0.05) is 10.5 Å². The van der Waals surface area contributed by atoms with E-state index in [4.69, 9.17) is 0 Å². The number of unbranched alkanes of at least 4 members (excludes halogenated alkanes) is 12. The average Bonchev–Trinajstić information content (AvgIpc) is 2.68. The van der Waals surface area contributed by atoms with Gasteiger partial charge in [0.1, 0.15) is 0 Å². The van der Waals surface area contributed by atoms with E-state index < -0.39 is 0 Å². The van der Waals surface area contributed by atoms with E-state index in [0.29, 0.717) is 0 Å². The lowest BCUT2D eigenvalue weighted by Gasteiger charge is -2.24. The van der Waals surface area contributed by atoms with Crippen LogP contribution in [0, 0.1) is 0 Å². The highest BCUT2D eigenvalue weighted by molar-refractivity contribution is 8.00. The van der Waals surface area contributed by atoms with Gasteiger partial charge in [-0.3, -0.25) is 0 Å². The molecule has 0 nitrogen and oxygen atoms in total. The van der Waals surface area contributed by atoms with Crippen molar-refractivity contribution in [1.29, 1.82) is 0 Å². The van der Waals surface area contributed by atoms with Crippen LogP contribution in [0.5, 0.6) is 0 Å². The zero-order valence-corrected chi connectivity index (χ0v) is 20.5. The fourth-order valence-corrected chi connectivity index (χ4v) is 5.76. The number of hydrogen-bond donors (Lipinski definition) is 0. The maximum Gasteiger partial charge on any atom is 0.00498 e. The maximum absolute atomic E-state index is 2.41. The fraction of sp³-hybridized carbons (Fsp3) is 1.00. The molecule has 0 aliphatic carbocycles. The largest absolute Gasteiger partial charge is 0.155 e. The Labute approximate surface area is 178 Å². The molecule has 0 N–H and O–H groups in total. The van der Waals surface area contributed by atoms with Gasteiger partial charge in [-0.25, -0.2) is 0 Å². The SMILES string of the molecule is CCCCCCCCC(CCCC)SC(CCCC)CCCCCCCC. The summed E-state index contributed by atoms with van der Waals surface area (Å²) >= 11 is 2.41. The van der Waals surface area contributed by atoms with Crippen molar-refractivity contribution in [2.24, 2.45) is 0 Å². The molecule has 0 aliphatic rings. The molecule has 0 rings (SSSR count). The summed E-state index contributed by atoms with van der Waals surface area (Å²) in [7, 11) is 0. The van der Waals surface area contributed by atoms with E-state index in [-0.39, 0.29) is 0 Å². The highest BCUT2D eigenvalue weighted by Gasteiger charge is 2.16. The number of rotatable bonds is 22. The second-order valence-electron chi connectivity index (χ2n) is 8.78. The lowest BCUT2D eigenvalue weighted by molar-refractivity contribution is 0.547. The molecule has 0 heterocycles. The van der Waals surface area contributed by atoms with E-state index in [0.717, 1.165) is 10.5 Å². The summed E-state index contributed by atoms with van der Waals surface area (Å²) in [4.78, 5) is 0. The smallest absolute Gasteiger partial charge is 0.00498 e. The lowest BCUT2D eigenvalue weighted by atomic mass is 10.1. The molecule has 0 aromatic carbocycles. The van der Waals surface area contributed by atoms with Gasteiger partial charge in [-0.1, -0.05) is 130 Å². The van der Waals surface area contributed by atoms with Gasteiger partial charge in [0.05, 0.1) is 0 Å². The molecule has 2 atom stereocenters. The minimum absolute atomic E-state index is 0.943.